The first-order valence-electron chi connectivity index (χ1n) is 6.04. The fraction of sp³-hybridized carbons (Fsp3) is 0.818. The van der Waals surface area contributed by atoms with Gasteiger partial charge in [-0.25, -0.2) is 0 Å². The zero-order valence-corrected chi connectivity index (χ0v) is 11.6. The number of alkyl halides is 3. The zero-order valence-electron chi connectivity index (χ0n) is 10.8. The van der Waals surface area contributed by atoms with Gasteiger partial charge in [0.2, 0.25) is 11.8 Å². The van der Waals surface area contributed by atoms with E-state index in [0.29, 0.717) is 6.42 Å². The van der Waals surface area contributed by atoms with Crippen molar-refractivity contribution in [3.8, 4) is 0 Å². The summed E-state index contributed by atoms with van der Waals surface area (Å²) in [5, 5.41) is 2.47. The first-order chi connectivity index (χ1) is 8.76. The van der Waals surface area contributed by atoms with E-state index in [2.05, 4.69) is 5.32 Å². The number of rotatable bonds is 5. The maximum atomic E-state index is 12.1. The van der Waals surface area contributed by atoms with Crippen molar-refractivity contribution in [3.05, 3.63) is 0 Å². The van der Waals surface area contributed by atoms with E-state index in [1.54, 1.807) is 0 Å². The SMILES string of the molecule is CCC(C)C1C(=O)NCC(=O)N1CCSC(F)(F)F. The summed E-state index contributed by atoms with van der Waals surface area (Å²) in [4.78, 5) is 24.8. The van der Waals surface area contributed by atoms with E-state index in [1.807, 2.05) is 13.8 Å². The lowest BCUT2D eigenvalue weighted by atomic mass is 9.95. The molecule has 1 rings (SSSR count). The lowest BCUT2D eigenvalue weighted by Gasteiger charge is -2.38. The number of hydrogen-bond acceptors (Lipinski definition) is 3. The van der Waals surface area contributed by atoms with Gasteiger partial charge in [-0.3, -0.25) is 9.59 Å². The monoisotopic (exact) mass is 298 g/mol. The van der Waals surface area contributed by atoms with Crippen LogP contribution in [-0.4, -0.2) is 47.1 Å². The van der Waals surface area contributed by atoms with Crippen molar-refractivity contribution in [1.29, 1.82) is 0 Å². The molecule has 1 aliphatic heterocycles. The topological polar surface area (TPSA) is 49.4 Å². The minimum atomic E-state index is -4.31. The van der Waals surface area contributed by atoms with E-state index in [9.17, 15) is 22.8 Å². The van der Waals surface area contributed by atoms with Crippen LogP contribution in [-0.2, 0) is 9.59 Å². The van der Waals surface area contributed by atoms with Gasteiger partial charge in [-0.2, -0.15) is 13.2 Å². The van der Waals surface area contributed by atoms with Crippen LogP contribution >= 0.6 is 11.8 Å². The Hall–Kier alpha value is -0.920. The first kappa shape index (κ1) is 16.1. The number of amides is 2. The molecule has 1 N–H and O–H groups in total. The van der Waals surface area contributed by atoms with Gasteiger partial charge in [-0.05, 0) is 17.7 Å². The van der Waals surface area contributed by atoms with E-state index >= 15 is 0 Å². The average molecular weight is 298 g/mol. The molecule has 110 valence electrons. The smallest absolute Gasteiger partial charge is 0.345 e. The minimum Gasteiger partial charge on any atom is -0.345 e. The molecule has 1 heterocycles. The molecule has 0 spiro atoms. The van der Waals surface area contributed by atoms with Crippen LogP contribution in [0.5, 0.6) is 0 Å². The standard InChI is InChI=1S/C11H17F3N2O2S/c1-3-7(2)9-10(18)15-6-8(17)16(9)4-5-19-11(12,13)14/h7,9H,3-6H2,1-2H3,(H,15,18). The van der Waals surface area contributed by atoms with E-state index in [4.69, 9.17) is 0 Å². The summed E-state index contributed by atoms with van der Waals surface area (Å²) in [6, 6.07) is -0.667. The van der Waals surface area contributed by atoms with Crippen LogP contribution < -0.4 is 5.32 Å². The molecule has 19 heavy (non-hydrogen) atoms. The first-order valence-corrected chi connectivity index (χ1v) is 7.02. The Morgan fingerprint density at radius 1 is 1.47 bits per heavy atom. The van der Waals surface area contributed by atoms with Crippen molar-refractivity contribution >= 4 is 23.6 Å². The average Bonchev–Trinajstić information content (AvgIpc) is 2.31. The Kier molecular flexibility index (Phi) is 5.51. The molecule has 0 saturated carbocycles. The molecule has 2 amide bonds. The van der Waals surface area contributed by atoms with Crippen LogP contribution in [0, 0.1) is 5.92 Å². The van der Waals surface area contributed by atoms with Gasteiger partial charge in [0.15, 0.2) is 0 Å². The molecule has 0 aromatic rings. The number of piperazine rings is 1. The molecule has 0 aromatic heterocycles. The fourth-order valence-corrected chi connectivity index (χ4v) is 2.50. The van der Waals surface area contributed by atoms with Crippen LogP contribution in [0.3, 0.4) is 0 Å². The summed E-state index contributed by atoms with van der Waals surface area (Å²) < 4.78 is 36.3. The number of halogens is 3. The van der Waals surface area contributed by atoms with E-state index in [0.717, 1.165) is 0 Å². The number of thioether (sulfide) groups is 1. The second-order valence-corrected chi connectivity index (χ2v) is 5.59. The molecule has 0 aliphatic carbocycles. The van der Waals surface area contributed by atoms with E-state index in [-0.39, 0.29) is 48.3 Å². The molecular formula is C11H17F3N2O2S. The Balaban J connectivity index is 2.68. The fourth-order valence-electron chi connectivity index (χ4n) is 1.98. The molecule has 1 saturated heterocycles. The minimum absolute atomic E-state index is 0.0641. The van der Waals surface area contributed by atoms with Crippen LogP contribution in [0.2, 0.25) is 0 Å². The molecule has 8 heteroatoms. The lowest BCUT2D eigenvalue weighted by molar-refractivity contribution is -0.147. The second kappa shape index (κ2) is 6.49. The van der Waals surface area contributed by atoms with Gasteiger partial charge >= 0.3 is 5.51 Å². The normalized spacial score (nSPS) is 22.4. The largest absolute Gasteiger partial charge is 0.441 e. The summed E-state index contributed by atoms with van der Waals surface area (Å²) in [5.74, 6) is -0.950. The number of nitrogens with one attached hydrogen (secondary N) is 1. The van der Waals surface area contributed by atoms with Crippen molar-refractivity contribution in [2.45, 2.75) is 31.8 Å². The molecule has 2 unspecified atom stereocenters. The Bertz CT molecular complexity index is 349. The van der Waals surface area contributed by atoms with Crippen LogP contribution in [0.1, 0.15) is 20.3 Å². The predicted molar refractivity (Wildman–Crippen MR) is 66.5 cm³/mol. The zero-order chi connectivity index (χ0) is 14.6. The van der Waals surface area contributed by atoms with E-state index in [1.165, 1.54) is 4.90 Å². The van der Waals surface area contributed by atoms with Crippen molar-refractivity contribution in [2.75, 3.05) is 18.8 Å². The summed E-state index contributed by atoms with van der Waals surface area (Å²) in [6.07, 6.45) is 0.675. The van der Waals surface area contributed by atoms with Gasteiger partial charge in [-0.15, -0.1) is 0 Å². The predicted octanol–water partition coefficient (Wildman–Crippen LogP) is 1.61. The Morgan fingerprint density at radius 2 is 2.11 bits per heavy atom. The summed E-state index contributed by atoms with van der Waals surface area (Å²) in [6.45, 7) is 3.49. The Labute approximate surface area is 114 Å². The molecule has 1 aliphatic rings. The van der Waals surface area contributed by atoms with Crippen LogP contribution in [0.25, 0.3) is 0 Å². The van der Waals surface area contributed by atoms with Crippen molar-refractivity contribution < 1.29 is 22.8 Å². The van der Waals surface area contributed by atoms with Gasteiger partial charge in [0, 0.05) is 12.3 Å². The van der Waals surface area contributed by atoms with Gasteiger partial charge in [0.1, 0.15) is 6.04 Å². The van der Waals surface area contributed by atoms with Crippen LogP contribution in [0.4, 0.5) is 13.2 Å². The third-order valence-corrected chi connectivity index (χ3v) is 3.83. The number of nitrogens with zero attached hydrogens (tertiary/aromatic N) is 1. The maximum Gasteiger partial charge on any atom is 0.441 e. The number of carbonyl (C=O) groups is 2. The van der Waals surface area contributed by atoms with Gasteiger partial charge in [0.25, 0.3) is 0 Å². The maximum absolute atomic E-state index is 12.1. The van der Waals surface area contributed by atoms with Crippen molar-refractivity contribution in [1.82, 2.24) is 10.2 Å². The highest BCUT2D eigenvalue weighted by molar-refractivity contribution is 8.00. The number of carbonyl (C=O) groups excluding carboxylic acids is 2. The van der Waals surface area contributed by atoms with Crippen molar-refractivity contribution in [3.63, 3.8) is 0 Å². The van der Waals surface area contributed by atoms with Crippen LogP contribution in [0.15, 0.2) is 0 Å². The Morgan fingerprint density at radius 3 is 2.63 bits per heavy atom. The van der Waals surface area contributed by atoms with Gasteiger partial charge in [-0.1, -0.05) is 20.3 Å². The highest BCUT2D eigenvalue weighted by Gasteiger charge is 2.38. The van der Waals surface area contributed by atoms with Crippen molar-refractivity contribution in [2.24, 2.45) is 5.92 Å². The van der Waals surface area contributed by atoms with Gasteiger partial charge < -0.3 is 10.2 Å². The molecule has 4 nitrogen and oxygen atoms in total. The third kappa shape index (κ3) is 4.59. The third-order valence-electron chi connectivity index (χ3n) is 3.12. The highest BCUT2D eigenvalue weighted by Crippen LogP contribution is 2.30. The molecule has 0 bridgehead atoms. The summed E-state index contributed by atoms with van der Waals surface area (Å²) in [7, 11) is 0. The highest BCUT2D eigenvalue weighted by atomic mass is 32.2. The molecule has 0 radical (unpaired) electrons. The quantitative estimate of drug-likeness (QED) is 0.839. The van der Waals surface area contributed by atoms with Gasteiger partial charge in [0.05, 0.1) is 6.54 Å². The second-order valence-electron chi connectivity index (χ2n) is 4.43. The number of hydrogen-bond donors (Lipinski definition) is 1. The molecule has 1 fully saturated rings. The summed E-state index contributed by atoms with van der Waals surface area (Å²) >= 11 is -0.174. The lowest BCUT2D eigenvalue weighted by Crippen LogP contribution is -2.61. The molecule has 2 atom stereocenters. The molecule has 0 aromatic carbocycles. The van der Waals surface area contributed by atoms with E-state index < -0.39 is 11.6 Å². The summed E-state index contributed by atoms with van der Waals surface area (Å²) in [5.41, 5.74) is -4.31. The molecular weight excluding hydrogens is 281 g/mol.